The molecule has 2 aliphatic rings. The highest BCUT2D eigenvalue weighted by atomic mass is 16.3. The van der Waals surface area contributed by atoms with E-state index in [1.165, 1.54) is 5.56 Å². The van der Waals surface area contributed by atoms with Gasteiger partial charge in [-0.15, -0.1) is 0 Å². The third-order valence-electron chi connectivity index (χ3n) is 4.81. The summed E-state index contributed by atoms with van der Waals surface area (Å²) in [5.41, 5.74) is 1.28. The molecule has 1 aromatic rings. The van der Waals surface area contributed by atoms with Crippen LogP contribution in [0.2, 0.25) is 0 Å². The molecule has 0 radical (unpaired) electrons. The first kappa shape index (κ1) is 14.5. The zero-order chi connectivity index (χ0) is 14.7. The summed E-state index contributed by atoms with van der Waals surface area (Å²) in [5.74, 6) is 0.183. The number of rotatable bonds is 3. The molecule has 2 saturated heterocycles. The fourth-order valence-corrected chi connectivity index (χ4v) is 3.88. The summed E-state index contributed by atoms with van der Waals surface area (Å²) >= 11 is 0. The molecule has 2 N–H and O–H groups in total. The predicted octanol–water partition coefficient (Wildman–Crippen LogP) is 1.85. The highest BCUT2D eigenvalue weighted by molar-refractivity contribution is 5.76. The van der Waals surface area contributed by atoms with E-state index in [2.05, 4.69) is 34.5 Å². The van der Waals surface area contributed by atoms with E-state index in [1.807, 2.05) is 6.07 Å². The number of likely N-dealkylation sites (tertiary alicyclic amines) is 1. The third-order valence-corrected chi connectivity index (χ3v) is 4.81. The molecule has 0 aliphatic carbocycles. The van der Waals surface area contributed by atoms with Crippen LogP contribution in [0.4, 0.5) is 0 Å². The number of carbonyl (C=O) groups excluding carboxylic acids is 1. The normalized spacial score (nSPS) is 30.3. The average Bonchev–Trinajstić information content (AvgIpc) is 2.80. The molecule has 2 fully saturated rings. The van der Waals surface area contributed by atoms with Gasteiger partial charge in [-0.25, -0.2) is 0 Å². The van der Waals surface area contributed by atoms with Crippen molar-refractivity contribution in [2.75, 3.05) is 13.2 Å². The molecule has 2 aliphatic heterocycles. The lowest BCUT2D eigenvalue weighted by molar-refractivity contribution is -0.122. The van der Waals surface area contributed by atoms with Crippen molar-refractivity contribution in [2.24, 2.45) is 0 Å². The molecule has 4 nitrogen and oxygen atoms in total. The van der Waals surface area contributed by atoms with Crippen molar-refractivity contribution in [1.82, 2.24) is 10.2 Å². The Bertz CT molecular complexity index is 477. The molecule has 0 unspecified atom stereocenters. The number of nitrogens with one attached hydrogen (secondary N) is 1. The van der Waals surface area contributed by atoms with E-state index >= 15 is 0 Å². The molecule has 3 atom stereocenters. The summed E-state index contributed by atoms with van der Waals surface area (Å²) in [7, 11) is 0. The smallest absolute Gasteiger partial charge is 0.220 e. The van der Waals surface area contributed by atoms with Crippen LogP contribution in [0.25, 0.3) is 0 Å². The van der Waals surface area contributed by atoms with Gasteiger partial charge >= 0.3 is 0 Å². The minimum atomic E-state index is 0.167. The summed E-state index contributed by atoms with van der Waals surface area (Å²) in [6, 6.07) is 11.3. The van der Waals surface area contributed by atoms with Crippen LogP contribution >= 0.6 is 0 Å². The first-order valence-corrected chi connectivity index (χ1v) is 8.00. The van der Waals surface area contributed by atoms with E-state index in [4.69, 9.17) is 0 Å². The van der Waals surface area contributed by atoms with Crippen LogP contribution in [0.1, 0.15) is 43.7 Å². The first-order chi connectivity index (χ1) is 10.3. The molecule has 0 spiro atoms. The monoisotopic (exact) mass is 288 g/mol. The molecule has 0 aromatic heterocycles. The van der Waals surface area contributed by atoms with Gasteiger partial charge in [0.15, 0.2) is 0 Å². The lowest BCUT2D eigenvalue weighted by Crippen LogP contribution is -2.46. The van der Waals surface area contributed by atoms with Crippen LogP contribution in [0, 0.1) is 0 Å². The fourth-order valence-electron chi connectivity index (χ4n) is 3.88. The summed E-state index contributed by atoms with van der Waals surface area (Å²) in [6.45, 7) is 0.844. The number of hydrogen-bond donors (Lipinski definition) is 2. The minimum Gasteiger partial charge on any atom is -0.395 e. The second kappa shape index (κ2) is 6.58. The third kappa shape index (κ3) is 3.11. The second-order valence-corrected chi connectivity index (χ2v) is 6.11. The number of fused-ring (bicyclic) bond motifs is 1. The van der Waals surface area contributed by atoms with E-state index in [0.29, 0.717) is 25.0 Å². The van der Waals surface area contributed by atoms with E-state index in [9.17, 15) is 9.90 Å². The van der Waals surface area contributed by atoms with Crippen molar-refractivity contribution in [2.45, 2.75) is 50.2 Å². The van der Waals surface area contributed by atoms with Gasteiger partial charge in [-0.1, -0.05) is 36.8 Å². The Balaban J connectivity index is 1.85. The van der Waals surface area contributed by atoms with Gasteiger partial charge in [-0.3, -0.25) is 9.69 Å². The fraction of sp³-hybridized carbons (Fsp3) is 0.588. The molecule has 0 bridgehead atoms. The SMILES string of the molecule is O=C1CCCC[C@H]2[C@@H](C[C@@H](c3ccccc3)N2CCO)N1. The maximum atomic E-state index is 11.9. The highest BCUT2D eigenvalue weighted by Crippen LogP contribution is 2.38. The molecule has 2 heterocycles. The number of nitrogens with zero attached hydrogens (tertiary/aromatic N) is 1. The molecule has 0 saturated carbocycles. The molecule has 4 heteroatoms. The van der Waals surface area contributed by atoms with Gasteiger partial charge in [-0.2, -0.15) is 0 Å². The summed E-state index contributed by atoms with van der Waals surface area (Å²) in [4.78, 5) is 14.3. The van der Waals surface area contributed by atoms with Crippen LogP contribution < -0.4 is 5.32 Å². The van der Waals surface area contributed by atoms with Crippen LogP contribution in [0.5, 0.6) is 0 Å². The highest BCUT2D eigenvalue weighted by Gasteiger charge is 2.42. The molecule has 21 heavy (non-hydrogen) atoms. The van der Waals surface area contributed by atoms with E-state index in [0.717, 1.165) is 25.7 Å². The van der Waals surface area contributed by atoms with Crippen molar-refractivity contribution in [1.29, 1.82) is 0 Å². The van der Waals surface area contributed by atoms with Gasteiger partial charge in [0, 0.05) is 31.1 Å². The Morgan fingerprint density at radius 3 is 2.81 bits per heavy atom. The number of benzene rings is 1. The van der Waals surface area contributed by atoms with Crippen LogP contribution in [0.15, 0.2) is 30.3 Å². The Hall–Kier alpha value is -1.39. The van der Waals surface area contributed by atoms with Crippen LogP contribution in [-0.2, 0) is 4.79 Å². The predicted molar refractivity (Wildman–Crippen MR) is 81.8 cm³/mol. The van der Waals surface area contributed by atoms with E-state index < -0.39 is 0 Å². The molecular formula is C17H24N2O2. The van der Waals surface area contributed by atoms with Crippen LogP contribution in [0.3, 0.4) is 0 Å². The summed E-state index contributed by atoms with van der Waals surface area (Å²) in [5, 5.41) is 12.6. The Kier molecular flexibility index (Phi) is 4.56. The van der Waals surface area contributed by atoms with E-state index in [1.54, 1.807) is 0 Å². The lowest BCUT2D eigenvalue weighted by Gasteiger charge is -2.32. The van der Waals surface area contributed by atoms with Crippen molar-refractivity contribution in [3.63, 3.8) is 0 Å². The number of amides is 1. The number of aliphatic hydroxyl groups excluding tert-OH is 1. The van der Waals surface area contributed by atoms with E-state index in [-0.39, 0.29) is 18.6 Å². The standard InChI is InChI=1S/C17H24N2O2/c20-11-10-19-15-8-4-5-9-17(21)18-14(15)12-16(19)13-6-2-1-3-7-13/h1-3,6-7,14-16,20H,4-5,8-12H2,(H,18,21)/t14-,15+,16+/m1/s1. The summed E-state index contributed by atoms with van der Waals surface area (Å²) in [6.07, 6.45) is 4.77. The molecule has 1 aromatic carbocycles. The molecular weight excluding hydrogens is 264 g/mol. The summed E-state index contributed by atoms with van der Waals surface area (Å²) < 4.78 is 0. The first-order valence-electron chi connectivity index (χ1n) is 8.00. The number of hydrogen-bond acceptors (Lipinski definition) is 3. The van der Waals surface area contributed by atoms with Gasteiger partial charge in [-0.05, 0) is 24.8 Å². The Morgan fingerprint density at radius 2 is 2.05 bits per heavy atom. The molecule has 3 rings (SSSR count). The van der Waals surface area contributed by atoms with Gasteiger partial charge < -0.3 is 10.4 Å². The quantitative estimate of drug-likeness (QED) is 0.892. The van der Waals surface area contributed by atoms with Crippen molar-refractivity contribution < 1.29 is 9.90 Å². The number of aliphatic hydroxyl groups is 1. The molecule has 114 valence electrons. The number of carbonyl (C=O) groups is 1. The van der Waals surface area contributed by atoms with Gasteiger partial charge in [0.1, 0.15) is 0 Å². The zero-order valence-electron chi connectivity index (χ0n) is 12.4. The van der Waals surface area contributed by atoms with Gasteiger partial charge in [0.25, 0.3) is 0 Å². The zero-order valence-corrected chi connectivity index (χ0v) is 12.4. The maximum absolute atomic E-state index is 11.9. The Morgan fingerprint density at radius 1 is 1.24 bits per heavy atom. The maximum Gasteiger partial charge on any atom is 0.220 e. The lowest BCUT2D eigenvalue weighted by atomic mass is 9.97. The topological polar surface area (TPSA) is 52.6 Å². The average molecular weight is 288 g/mol. The van der Waals surface area contributed by atoms with Crippen molar-refractivity contribution in [3.8, 4) is 0 Å². The Labute approximate surface area is 126 Å². The minimum absolute atomic E-state index is 0.167. The van der Waals surface area contributed by atoms with Gasteiger partial charge in [0.2, 0.25) is 5.91 Å². The van der Waals surface area contributed by atoms with Crippen molar-refractivity contribution in [3.05, 3.63) is 35.9 Å². The van der Waals surface area contributed by atoms with Crippen molar-refractivity contribution >= 4 is 5.91 Å². The van der Waals surface area contributed by atoms with Crippen LogP contribution in [-0.4, -0.2) is 41.1 Å². The molecule has 1 amide bonds. The largest absolute Gasteiger partial charge is 0.395 e. The van der Waals surface area contributed by atoms with Gasteiger partial charge in [0.05, 0.1) is 6.61 Å². The second-order valence-electron chi connectivity index (χ2n) is 6.11. The number of β-amino-alcohol motifs (C(OH)–C–C–N with tert-alkyl or cyclic N) is 1.